The van der Waals surface area contributed by atoms with Crippen molar-refractivity contribution >= 4 is 84.7 Å². The van der Waals surface area contributed by atoms with Gasteiger partial charge < -0.3 is 80.1 Å². The minimum absolute atomic E-state index is 0.0665. The van der Waals surface area contributed by atoms with Crippen molar-refractivity contribution in [2.75, 3.05) is 124 Å². The summed E-state index contributed by atoms with van der Waals surface area (Å²) in [5.74, 6) is 0. The topological polar surface area (TPSA) is 79.0 Å². The van der Waals surface area contributed by atoms with Crippen molar-refractivity contribution in [2.45, 2.75) is 47.8 Å². The molecule has 7 aliphatic rings. The molecule has 7 aliphatic heterocycles. The molecule has 29 heteroatoms. The van der Waals surface area contributed by atoms with Crippen LogP contribution in [0.1, 0.15) is 0 Å². The first-order valence-electron chi connectivity index (χ1n) is 20.1. The van der Waals surface area contributed by atoms with E-state index in [0.717, 1.165) is 39.5 Å². The van der Waals surface area contributed by atoms with Gasteiger partial charge in [-0.1, -0.05) is 47.8 Å². The molecule has 54 heavy (non-hydrogen) atoms. The van der Waals surface area contributed by atoms with E-state index in [4.69, 9.17) is 18.6 Å². The molecule has 0 atom stereocenters. The molecule has 0 aromatic rings. The molecule has 294 valence electrons. The lowest BCUT2D eigenvalue weighted by Crippen LogP contribution is -2.76. The molecule has 0 spiro atoms. The van der Waals surface area contributed by atoms with Crippen LogP contribution in [-0.4, -0.2) is 270 Å². The first-order valence-corrected chi connectivity index (χ1v) is 20.1. The van der Waals surface area contributed by atoms with E-state index in [2.05, 4.69) is 187 Å². The summed E-state index contributed by atoms with van der Waals surface area (Å²) in [5.41, 5.74) is 0. The van der Waals surface area contributed by atoms with E-state index in [-0.39, 0.29) is 28.7 Å². The number of hydrogen-bond donors (Lipinski definition) is 0. The van der Waals surface area contributed by atoms with Crippen molar-refractivity contribution in [3.05, 3.63) is 0 Å². The highest BCUT2D eigenvalue weighted by Gasteiger charge is 2.62. The van der Waals surface area contributed by atoms with Gasteiger partial charge in [-0.25, -0.2) is 0 Å². The predicted molar refractivity (Wildman–Crippen MR) is 239 cm³/mol. The van der Waals surface area contributed by atoms with Gasteiger partial charge in [0.2, 0.25) is 0 Å². The maximum atomic E-state index is 5.74. The number of hydrogen-bond acceptors (Lipinski definition) is 17. The fourth-order valence-corrected chi connectivity index (χ4v) is 8.89. The highest BCUT2D eigenvalue weighted by Crippen LogP contribution is 2.29. The molecule has 0 N–H and O–H groups in total. The third kappa shape index (κ3) is 9.43. The Hall–Kier alpha value is 0.0992. The van der Waals surface area contributed by atoms with Crippen LogP contribution in [0.4, 0.5) is 0 Å². The molecule has 0 radical (unpaired) electrons. The van der Waals surface area contributed by atoms with Gasteiger partial charge >= 0.3 is 35.9 Å². The second kappa shape index (κ2) is 19.9. The van der Waals surface area contributed by atoms with E-state index < -0.39 is 0 Å². The Labute approximate surface area is 335 Å². The smallest absolute Gasteiger partial charge is 0.412 e. The zero-order valence-corrected chi connectivity index (χ0v) is 37.6. The first-order chi connectivity index (χ1) is 25.3. The third-order valence-corrected chi connectivity index (χ3v) is 13.9. The number of nitrogens with zero attached hydrogens (tertiary/aromatic N) is 13. The summed E-state index contributed by atoms with van der Waals surface area (Å²) in [5, 5.41) is 0. The van der Waals surface area contributed by atoms with Gasteiger partial charge in [0.1, 0.15) is 0 Å². The molecule has 0 amide bonds. The standard InChI is InChI=1S/C7H21B3N4.C6H12B3N3O3.C6H18B3N3O.C6H18B3N3/c1-8-12(5)9(2)14(7)10(11(3)4)13(8)6;1-4-13-7-10(1)8-12(2-5-14-8)9-11(7)3-6-15-9;1-7-10(3)8(2)12(5)9(13-6)11(7)4;1-7-10(4)8(2)12(6)9(3)11(7)5/h1-7H3;1-6H2;1-6H3;1-6H3. The normalized spacial score (nSPS) is 25.8. The van der Waals surface area contributed by atoms with Crippen molar-refractivity contribution in [1.29, 1.82) is 0 Å². The van der Waals surface area contributed by atoms with E-state index in [1.165, 1.54) is 0 Å². The summed E-state index contributed by atoms with van der Waals surface area (Å²) in [6, 6.07) is 0. The molecule has 0 bridgehead atoms. The van der Waals surface area contributed by atoms with Gasteiger partial charge in [0.15, 0.2) is 0 Å². The lowest BCUT2D eigenvalue weighted by Gasteiger charge is -2.50. The summed E-state index contributed by atoms with van der Waals surface area (Å²) in [7, 11) is 26.0. The zero-order chi connectivity index (χ0) is 40.5. The van der Waals surface area contributed by atoms with Crippen LogP contribution in [-0.2, 0) is 18.6 Å². The molecule has 0 saturated carbocycles. The van der Waals surface area contributed by atoms with Gasteiger partial charge in [-0.2, -0.15) is 0 Å². The summed E-state index contributed by atoms with van der Waals surface area (Å²) in [6.07, 6.45) is 0. The second-order valence-electron chi connectivity index (χ2n) is 16.6. The van der Waals surface area contributed by atoms with Crippen molar-refractivity contribution in [1.82, 2.24) is 61.5 Å². The largest absolute Gasteiger partial charge is 0.462 e. The van der Waals surface area contributed by atoms with Gasteiger partial charge in [0, 0.05) is 46.6 Å². The van der Waals surface area contributed by atoms with Gasteiger partial charge in [-0.3, -0.25) is 0 Å². The molecule has 7 saturated heterocycles. The molecule has 0 aliphatic carbocycles. The summed E-state index contributed by atoms with van der Waals surface area (Å²) >= 11 is 0. The molecule has 0 aromatic carbocycles. The minimum Gasteiger partial charge on any atom is -0.412 e. The Balaban J connectivity index is 0.000000161. The Morgan fingerprint density at radius 2 is 0.648 bits per heavy atom. The van der Waals surface area contributed by atoms with Crippen LogP contribution >= 0.6 is 0 Å². The number of fused-ring (bicyclic) bond motifs is 6. The highest BCUT2D eigenvalue weighted by atomic mass is 16.5. The Morgan fingerprint density at radius 1 is 0.407 bits per heavy atom. The monoisotopic (exact) mass is 748 g/mol. The zero-order valence-electron chi connectivity index (χ0n) is 37.6. The predicted octanol–water partition coefficient (Wildman–Crippen LogP) is -2.66. The van der Waals surface area contributed by atoms with E-state index in [9.17, 15) is 0 Å². The summed E-state index contributed by atoms with van der Waals surface area (Å²) < 4.78 is 50.5. The molecule has 17 nitrogen and oxygen atoms in total. The van der Waals surface area contributed by atoms with Crippen LogP contribution in [0.5, 0.6) is 0 Å². The molecule has 7 heterocycles. The molecular formula is C25H69B12N13O4. The molecule has 0 unspecified atom stereocenters. The van der Waals surface area contributed by atoms with Gasteiger partial charge in [-0.15, -0.1) is 0 Å². The molecule has 7 rings (SSSR count). The average molecular weight is 746 g/mol. The third-order valence-electron chi connectivity index (χ3n) is 13.9. The Bertz CT molecular complexity index is 1010. The van der Waals surface area contributed by atoms with Crippen LogP contribution in [0.25, 0.3) is 0 Å². The lowest BCUT2D eigenvalue weighted by atomic mass is 9.46. The Morgan fingerprint density at radius 3 is 0.889 bits per heavy atom. The minimum atomic E-state index is 0.0665. The average Bonchev–Trinajstić information content (AvgIpc) is 3.94. The SMILES string of the molecule is C1CN2B(O1)N1CCOB1N1CCOB21.CB1N(C)B(C)N(C)B(C)N1C.CB1N(C)B(C)N(C)B(N(C)C)N1C.COB1N(C)B(C)N(C)B(C)N1C. The summed E-state index contributed by atoms with van der Waals surface area (Å²) in [4.78, 5) is 2.25. The first kappa shape index (κ1) is 46.8. The molecular weight excluding hydrogens is 676 g/mol. The van der Waals surface area contributed by atoms with E-state index in [0.29, 0.717) is 56.0 Å². The molecule has 0 aromatic heterocycles. The van der Waals surface area contributed by atoms with Crippen molar-refractivity contribution in [3.63, 3.8) is 0 Å². The van der Waals surface area contributed by atoms with E-state index >= 15 is 0 Å². The van der Waals surface area contributed by atoms with Crippen LogP contribution in [0.3, 0.4) is 0 Å². The van der Waals surface area contributed by atoms with Crippen LogP contribution in [0.2, 0.25) is 47.8 Å². The fourth-order valence-electron chi connectivity index (χ4n) is 8.89. The van der Waals surface area contributed by atoms with Gasteiger partial charge in [0.05, 0.1) is 0 Å². The van der Waals surface area contributed by atoms with Gasteiger partial charge in [0.25, 0.3) is 48.9 Å². The second-order valence-corrected chi connectivity index (χ2v) is 16.6. The van der Waals surface area contributed by atoms with Crippen molar-refractivity contribution in [2.24, 2.45) is 0 Å². The maximum absolute atomic E-state index is 5.74. The number of rotatable bonds is 2. The summed E-state index contributed by atoms with van der Waals surface area (Å²) in [6.45, 7) is 24.3. The van der Waals surface area contributed by atoms with Crippen molar-refractivity contribution < 1.29 is 18.6 Å². The quantitative estimate of drug-likeness (QED) is 0.276. The van der Waals surface area contributed by atoms with Crippen LogP contribution in [0.15, 0.2) is 0 Å². The van der Waals surface area contributed by atoms with Crippen molar-refractivity contribution in [3.8, 4) is 0 Å². The van der Waals surface area contributed by atoms with Crippen LogP contribution < -0.4 is 0 Å². The maximum Gasteiger partial charge on any atom is 0.462 e. The fraction of sp³-hybridized carbons (Fsp3) is 1.00. The highest BCUT2D eigenvalue weighted by molar-refractivity contribution is 6.86. The molecule has 7 fully saturated rings. The van der Waals surface area contributed by atoms with Gasteiger partial charge in [-0.05, 0) is 77.5 Å². The lowest BCUT2D eigenvalue weighted by molar-refractivity contribution is 0.317. The Kier molecular flexibility index (Phi) is 17.2. The van der Waals surface area contributed by atoms with E-state index in [1.54, 1.807) is 7.11 Å². The van der Waals surface area contributed by atoms with Crippen LogP contribution in [0, 0.1) is 0 Å². The van der Waals surface area contributed by atoms with E-state index in [1.807, 2.05) is 0 Å².